The van der Waals surface area contributed by atoms with E-state index in [-0.39, 0.29) is 0 Å². The Kier molecular flexibility index (Phi) is 7.52. The minimum atomic E-state index is -0.752. The van der Waals surface area contributed by atoms with Gasteiger partial charge in [-0.15, -0.1) is 0 Å². The molecule has 0 aromatic heterocycles. The molecule has 0 saturated carbocycles. The van der Waals surface area contributed by atoms with E-state index in [0.29, 0.717) is 45.8 Å². The van der Waals surface area contributed by atoms with Gasteiger partial charge in [0.1, 0.15) is 12.4 Å². The molecule has 0 amide bonds. The highest BCUT2D eigenvalue weighted by Gasteiger charge is 2.29. The molecule has 1 aromatic carbocycles. The summed E-state index contributed by atoms with van der Waals surface area (Å²) in [6.07, 6.45) is 1.27. The number of benzene rings is 1. The topological polar surface area (TPSA) is 66.3 Å². The molecule has 25 heavy (non-hydrogen) atoms. The molecule has 1 saturated heterocycles. The van der Waals surface area contributed by atoms with Crippen LogP contribution >= 0.6 is 0 Å². The van der Waals surface area contributed by atoms with Crippen LogP contribution in [0.4, 0.5) is 0 Å². The van der Waals surface area contributed by atoms with Gasteiger partial charge < -0.3 is 24.8 Å². The summed E-state index contributed by atoms with van der Waals surface area (Å²) >= 11 is 0. The standard InChI is InChI=1S/C19H31N3O3/c1-4-20-18(21-15-19(23)9-12-24-13-10-19)22(3)11-14-25-17-7-5-16(2)6-8-17/h5-8,23H,4,9-15H2,1-3H3,(H,20,21). The highest BCUT2D eigenvalue weighted by Crippen LogP contribution is 2.20. The van der Waals surface area contributed by atoms with Crippen LogP contribution in [0, 0.1) is 6.92 Å². The molecule has 0 unspecified atom stereocenters. The fourth-order valence-electron chi connectivity index (χ4n) is 2.64. The number of aliphatic hydroxyl groups is 1. The Morgan fingerprint density at radius 2 is 2.00 bits per heavy atom. The van der Waals surface area contributed by atoms with E-state index in [1.807, 2.05) is 43.1 Å². The number of hydrogen-bond donors (Lipinski definition) is 2. The molecule has 0 atom stereocenters. The number of rotatable bonds is 7. The van der Waals surface area contributed by atoms with E-state index in [9.17, 15) is 5.11 Å². The van der Waals surface area contributed by atoms with Crippen molar-refractivity contribution in [2.24, 2.45) is 4.99 Å². The average Bonchev–Trinajstić information content (AvgIpc) is 2.61. The van der Waals surface area contributed by atoms with Crippen LogP contribution < -0.4 is 10.1 Å². The third-order valence-electron chi connectivity index (χ3n) is 4.36. The monoisotopic (exact) mass is 349 g/mol. The number of aliphatic imine (C=N–C) groups is 1. The molecule has 0 bridgehead atoms. The maximum absolute atomic E-state index is 10.6. The fourth-order valence-corrected chi connectivity index (χ4v) is 2.64. The normalized spacial score (nSPS) is 17.2. The number of aryl methyl sites for hydroxylation is 1. The van der Waals surface area contributed by atoms with Crippen molar-refractivity contribution in [2.45, 2.75) is 32.3 Å². The molecule has 1 fully saturated rings. The maximum Gasteiger partial charge on any atom is 0.193 e. The first-order valence-electron chi connectivity index (χ1n) is 9.01. The average molecular weight is 349 g/mol. The number of ether oxygens (including phenoxy) is 2. The molecule has 6 heteroatoms. The molecule has 6 nitrogen and oxygen atoms in total. The lowest BCUT2D eigenvalue weighted by molar-refractivity contribution is -0.0566. The van der Waals surface area contributed by atoms with Crippen LogP contribution in [-0.4, -0.2) is 68.1 Å². The first kappa shape index (κ1) is 19.5. The van der Waals surface area contributed by atoms with E-state index >= 15 is 0 Å². The molecule has 1 aromatic rings. The summed E-state index contributed by atoms with van der Waals surface area (Å²) in [5, 5.41) is 13.8. The maximum atomic E-state index is 10.6. The van der Waals surface area contributed by atoms with Gasteiger partial charge in [-0.2, -0.15) is 0 Å². The minimum Gasteiger partial charge on any atom is -0.492 e. The van der Waals surface area contributed by atoms with Gasteiger partial charge in [0.15, 0.2) is 5.96 Å². The second-order valence-corrected chi connectivity index (χ2v) is 6.59. The van der Waals surface area contributed by atoms with Gasteiger partial charge in [-0.05, 0) is 26.0 Å². The Morgan fingerprint density at radius 3 is 2.64 bits per heavy atom. The van der Waals surface area contributed by atoms with Crippen molar-refractivity contribution in [3.63, 3.8) is 0 Å². The second kappa shape index (κ2) is 9.63. The third-order valence-corrected chi connectivity index (χ3v) is 4.36. The van der Waals surface area contributed by atoms with Gasteiger partial charge in [-0.25, -0.2) is 0 Å². The van der Waals surface area contributed by atoms with E-state index in [4.69, 9.17) is 9.47 Å². The third kappa shape index (κ3) is 6.55. The molecule has 0 radical (unpaired) electrons. The first-order valence-corrected chi connectivity index (χ1v) is 9.01. The van der Waals surface area contributed by atoms with Crippen LogP contribution in [0.25, 0.3) is 0 Å². The quantitative estimate of drug-likeness (QED) is 0.581. The van der Waals surface area contributed by atoms with E-state index in [2.05, 4.69) is 17.2 Å². The SMILES string of the molecule is CCNC(=NCC1(O)CCOCC1)N(C)CCOc1ccc(C)cc1. The first-order chi connectivity index (χ1) is 12.0. The van der Waals surface area contributed by atoms with Crippen LogP contribution in [0.15, 0.2) is 29.3 Å². The number of likely N-dealkylation sites (N-methyl/N-ethyl adjacent to an activating group) is 1. The van der Waals surface area contributed by atoms with Crippen molar-refractivity contribution < 1.29 is 14.6 Å². The van der Waals surface area contributed by atoms with Gasteiger partial charge in [0, 0.05) is 39.6 Å². The molecule has 1 aliphatic heterocycles. The molecular formula is C19H31N3O3. The molecular weight excluding hydrogens is 318 g/mol. The molecule has 2 N–H and O–H groups in total. The minimum absolute atomic E-state index is 0.391. The summed E-state index contributed by atoms with van der Waals surface area (Å²) in [6.45, 7) is 7.75. The van der Waals surface area contributed by atoms with Crippen molar-refractivity contribution in [3.05, 3.63) is 29.8 Å². The smallest absolute Gasteiger partial charge is 0.193 e. The zero-order valence-corrected chi connectivity index (χ0v) is 15.6. The summed E-state index contributed by atoms with van der Waals surface area (Å²) in [5.41, 5.74) is 0.468. The van der Waals surface area contributed by atoms with Crippen molar-refractivity contribution in [3.8, 4) is 5.75 Å². The Balaban J connectivity index is 1.84. The van der Waals surface area contributed by atoms with Crippen LogP contribution in [0.1, 0.15) is 25.3 Å². The molecule has 1 heterocycles. The van der Waals surface area contributed by atoms with E-state index in [1.165, 1.54) is 5.56 Å². The van der Waals surface area contributed by atoms with Crippen LogP contribution in [0.2, 0.25) is 0 Å². The largest absolute Gasteiger partial charge is 0.492 e. The van der Waals surface area contributed by atoms with E-state index in [0.717, 1.165) is 18.3 Å². The lowest BCUT2D eigenvalue weighted by Crippen LogP contribution is -2.44. The summed E-state index contributed by atoms with van der Waals surface area (Å²) in [4.78, 5) is 6.64. The predicted molar refractivity (Wildman–Crippen MR) is 100 cm³/mol. The molecule has 1 aliphatic rings. The Bertz CT molecular complexity index is 539. The summed E-state index contributed by atoms with van der Waals surface area (Å²) in [6, 6.07) is 8.04. The summed E-state index contributed by atoms with van der Waals surface area (Å²) in [5.74, 6) is 1.66. The zero-order chi connectivity index (χ0) is 18.1. The Hall–Kier alpha value is -1.79. The van der Waals surface area contributed by atoms with Crippen molar-refractivity contribution in [1.82, 2.24) is 10.2 Å². The highest BCUT2D eigenvalue weighted by atomic mass is 16.5. The van der Waals surface area contributed by atoms with Gasteiger partial charge in [-0.1, -0.05) is 17.7 Å². The number of nitrogens with zero attached hydrogens (tertiary/aromatic N) is 2. The lowest BCUT2D eigenvalue weighted by atomic mass is 9.95. The summed E-state index contributed by atoms with van der Waals surface area (Å²) < 4.78 is 11.1. The fraction of sp³-hybridized carbons (Fsp3) is 0.632. The van der Waals surface area contributed by atoms with Crippen molar-refractivity contribution in [1.29, 1.82) is 0 Å². The molecule has 140 valence electrons. The van der Waals surface area contributed by atoms with Crippen LogP contribution in [0.5, 0.6) is 5.75 Å². The molecule has 2 rings (SSSR count). The summed E-state index contributed by atoms with van der Waals surface area (Å²) in [7, 11) is 1.98. The Labute approximate surface area is 150 Å². The number of nitrogens with one attached hydrogen (secondary N) is 1. The van der Waals surface area contributed by atoms with Gasteiger partial charge >= 0.3 is 0 Å². The van der Waals surface area contributed by atoms with Gasteiger partial charge in [0.05, 0.1) is 18.7 Å². The second-order valence-electron chi connectivity index (χ2n) is 6.59. The number of guanidine groups is 1. The van der Waals surface area contributed by atoms with E-state index in [1.54, 1.807) is 0 Å². The van der Waals surface area contributed by atoms with Gasteiger partial charge in [0.2, 0.25) is 0 Å². The van der Waals surface area contributed by atoms with Crippen LogP contribution in [-0.2, 0) is 4.74 Å². The molecule has 0 spiro atoms. The molecule has 0 aliphatic carbocycles. The lowest BCUT2D eigenvalue weighted by Gasteiger charge is -2.31. The van der Waals surface area contributed by atoms with Gasteiger partial charge in [0.25, 0.3) is 0 Å². The van der Waals surface area contributed by atoms with Crippen LogP contribution in [0.3, 0.4) is 0 Å². The number of hydrogen-bond acceptors (Lipinski definition) is 4. The van der Waals surface area contributed by atoms with Crippen molar-refractivity contribution >= 4 is 5.96 Å². The van der Waals surface area contributed by atoms with Gasteiger partial charge in [-0.3, -0.25) is 4.99 Å². The Morgan fingerprint density at radius 1 is 1.32 bits per heavy atom. The van der Waals surface area contributed by atoms with Crippen molar-refractivity contribution in [2.75, 3.05) is 46.5 Å². The zero-order valence-electron chi connectivity index (χ0n) is 15.6. The van der Waals surface area contributed by atoms with E-state index < -0.39 is 5.60 Å². The highest BCUT2D eigenvalue weighted by molar-refractivity contribution is 5.79. The predicted octanol–water partition coefficient (Wildman–Crippen LogP) is 1.81.